The molecule has 0 spiro atoms. The number of phosphoric acid groups is 1. The molecular formula is C48H61N6O24P2S4+. The summed E-state index contributed by atoms with van der Waals surface area (Å²) in [5.41, 5.74) is 4.58. The number of hydrogen-bond donors (Lipinski definition) is 10. The summed E-state index contributed by atoms with van der Waals surface area (Å²) in [5, 5.41) is 25.7. The molecule has 460 valence electrons. The average Bonchev–Trinajstić information content (AvgIpc) is 1.13. The monoisotopic (exact) mass is 1300 g/mol. The Hall–Kier alpha value is -5.46. The van der Waals surface area contributed by atoms with Gasteiger partial charge in [-0.1, -0.05) is 34.2 Å². The highest BCUT2D eigenvalue weighted by Gasteiger charge is 2.44. The molecule has 6 rings (SSSR count). The van der Waals surface area contributed by atoms with Crippen molar-refractivity contribution in [3.63, 3.8) is 0 Å². The van der Waals surface area contributed by atoms with Gasteiger partial charge in [0.05, 0.1) is 82.2 Å². The van der Waals surface area contributed by atoms with E-state index in [0.717, 1.165) is 18.2 Å². The maximum atomic E-state index is 13.2. The van der Waals surface area contributed by atoms with Gasteiger partial charge in [-0.15, -0.1) is 4.89 Å². The number of nitrogens with two attached hydrogens (primary N) is 1. The van der Waals surface area contributed by atoms with Crippen molar-refractivity contribution in [1.82, 2.24) is 20.9 Å². The first-order valence-corrected chi connectivity index (χ1v) is 32.7. The first-order chi connectivity index (χ1) is 39.5. The lowest BCUT2D eigenvalue weighted by Crippen LogP contribution is -2.45. The van der Waals surface area contributed by atoms with Gasteiger partial charge in [-0.2, -0.15) is 16.8 Å². The summed E-state index contributed by atoms with van der Waals surface area (Å²) in [6, 6.07) is 7.49. The van der Waals surface area contributed by atoms with Gasteiger partial charge in [0, 0.05) is 69.2 Å². The number of nitrogens with one attached hydrogen (secondary N) is 4. The number of allylic oxidation sites excluding steroid dienone is 1. The molecule has 3 aliphatic heterocycles. The number of rotatable bonds is 33. The first kappa shape index (κ1) is 67.7. The Morgan fingerprint density at radius 3 is 2.21 bits per heavy atom. The van der Waals surface area contributed by atoms with Crippen LogP contribution in [0.4, 0.5) is 10.5 Å². The van der Waals surface area contributed by atoms with Crippen molar-refractivity contribution in [3.8, 4) is 22.5 Å². The molecule has 3 heterocycles. The third-order valence-corrected chi connectivity index (χ3v) is 18.8. The molecule has 1 fully saturated rings. The summed E-state index contributed by atoms with van der Waals surface area (Å²) in [5.74, 6) is -3.13. The van der Waals surface area contributed by atoms with Crippen molar-refractivity contribution in [3.05, 3.63) is 83.0 Å². The molecule has 4 amide bonds. The number of carboxylic acid groups (broad SMARTS) is 1. The van der Waals surface area contributed by atoms with E-state index >= 15 is 0 Å². The molecule has 1 saturated heterocycles. The zero-order valence-electron chi connectivity index (χ0n) is 45.0. The lowest BCUT2D eigenvalue weighted by Gasteiger charge is -2.30. The molecular weight excluding hydrogens is 1230 g/mol. The minimum atomic E-state index is -5.23. The van der Waals surface area contributed by atoms with Crippen LogP contribution in [0.15, 0.2) is 80.7 Å². The van der Waals surface area contributed by atoms with E-state index in [1.165, 1.54) is 50.8 Å². The standard InChI is InChI=1S/C48H60N6O24P2S4/c1-27-23-54(47(59)53-28(27)2)39-22-36(37(76-39)24-75-80(62,63)78-79(60)61)74-26-81-82-48(3,4)25-52-38(55)11-13-70-15-17-72-19-20-73-18-16-71-14-12-51-45(56)29-5-6-30(33(21-29)46(57)58)40-31-7-9-34(49)43(83(64,65)66)41(31)77-42-32(40)8-10-35(50)44(42)84(67,68)69/h5-10,21,23,36-37,39H,2,11-20,22,24-26H2,1,3-4H3,(H10-,49,50,51,52,53,55,56,57,58,59,60,61,62,63,64,65,66,67,68,69)/p+1/t36-,37-,39-/m1/s1. The maximum absolute atomic E-state index is 13.2. The molecule has 0 aromatic heterocycles. The SMILES string of the molecule is C=C1NC(=O)N([C@H]2C[C@@H](OCSSC(C)(C)CNC(=O)CCOCCOCCOCCOCCNC(=O)c3ccc(-c4c5ccc(=N)c(S(=O)(=O)O)c-5oc5c(S(=O)(=O)O)c(N)ccc45)c(C(=O)O)c3)[C@@H](COP(=O)(O)O[P+](=O)O)O2)C=C1C. The molecule has 4 aliphatic rings. The lowest BCUT2D eigenvalue weighted by molar-refractivity contribution is -0.122. The van der Waals surface area contributed by atoms with E-state index in [1.807, 2.05) is 13.8 Å². The van der Waals surface area contributed by atoms with Gasteiger partial charge in [-0.05, 0) is 72.6 Å². The molecule has 36 heteroatoms. The van der Waals surface area contributed by atoms with Gasteiger partial charge >= 0.3 is 28.1 Å². The largest absolute Gasteiger partial charge is 0.705 e. The Balaban J connectivity index is 0.841. The predicted molar refractivity (Wildman–Crippen MR) is 301 cm³/mol. The number of nitrogens with zero attached hydrogens (tertiary/aromatic N) is 1. The van der Waals surface area contributed by atoms with Crippen molar-refractivity contribution >= 4 is 98.4 Å². The zero-order valence-corrected chi connectivity index (χ0v) is 50.1. The third-order valence-electron chi connectivity index (χ3n) is 12.1. The van der Waals surface area contributed by atoms with Crippen LogP contribution in [0.5, 0.6) is 0 Å². The fraction of sp³-hybridized carbons (Fsp3) is 0.438. The van der Waals surface area contributed by atoms with Gasteiger partial charge < -0.3 is 59.6 Å². The maximum Gasteiger partial charge on any atom is 0.705 e. The van der Waals surface area contributed by atoms with E-state index in [2.05, 4.69) is 26.8 Å². The summed E-state index contributed by atoms with van der Waals surface area (Å²) in [6.45, 7) is 10.5. The quantitative estimate of drug-likeness (QED) is 0.00592. The fourth-order valence-electron chi connectivity index (χ4n) is 8.20. The second-order valence-corrected chi connectivity index (χ2v) is 26.8. The van der Waals surface area contributed by atoms with Crippen LogP contribution in [0.1, 0.15) is 54.3 Å². The van der Waals surface area contributed by atoms with Crippen LogP contribution in [0, 0.1) is 5.41 Å². The third kappa shape index (κ3) is 18.8. The van der Waals surface area contributed by atoms with Crippen molar-refractivity contribution in [1.29, 1.82) is 5.41 Å². The van der Waals surface area contributed by atoms with Crippen LogP contribution in [0.25, 0.3) is 33.4 Å². The second-order valence-electron chi connectivity index (χ2n) is 18.8. The highest BCUT2D eigenvalue weighted by molar-refractivity contribution is 8.77. The number of nitrogen functional groups attached to an aromatic ring is 1. The summed E-state index contributed by atoms with van der Waals surface area (Å²) in [4.78, 5) is 69.0. The summed E-state index contributed by atoms with van der Waals surface area (Å²) < 4.78 is 141. The van der Waals surface area contributed by atoms with Gasteiger partial charge in [0.25, 0.3) is 26.1 Å². The number of ether oxygens (including phenoxy) is 6. The second kappa shape index (κ2) is 29.8. The van der Waals surface area contributed by atoms with Crippen molar-refractivity contribution < 1.29 is 111 Å². The minimum Gasteiger partial charge on any atom is -0.478 e. The zero-order chi connectivity index (χ0) is 61.7. The Bertz CT molecular complexity index is 3480. The van der Waals surface area contributed by atoms with E-state index in [4.69, 9.17) is 53.4 Å². The van der Waals surface area contributed by atoms with E-state index in [0.29, 0.717) is 17.8 Å². The minimum absolute atomic E-state index is 0.00176. The molecule has 5 atom stereocenters. The number of urea groups is 1. The highest BCUT2D eigenvalue weighted by Crippen LogP contribution is 2.51. The number of carbonyl (C=O) groups excluding carboxylic acids is 3. The van der Waals surface area contributed by atoms with Crippen LogP contribution in [0.3, 0.4) is 0 Å². The number of carbonyl (C=O) groups is 4. The molecule has 84 heavy (non-hydrogen) atoms. The molecule has 2 aromatic carbocycles. The number of anilines is 1. The Kier molecular flexibility index (Phi) is 24.0. The van der Waals surface area contributed by atoms with Crippen LogP contribution in [-0.4, -0.2) is 171 Å². The van der Waals surface area contributed by atoms with E-state index in [1.54, 1.807) is 13.1 Å². The van der Waals surface area contributed by atoms with Crippen molar-refractivity contribution in [2.45, 2.75) is 66.6 Å². The Labute approximate surface area is 489 Å². The first-order valence-electron chi connectivity index (χ1n) is 24.9. The number of benzene rings is 3. The van der Waals surface area contributed by atoms with Gasteiger partial charge in [0.1, 0.15) is 18.3 Å². The summed E-state index contributed by atoms with van der Waals surface area (Å²) in [6.07, 6.45) is -0.779. The van der Waals surface area contributed by atoms with Crippen LogP contribution < -0.4 is 27.0 Å². The lowest BCUT2D eigenvalue weighted by atomic mass is 9.89. The molecule has 0 radical (unpaired) electrons. The molecule has 0 saturated carbocycles. The Morgan fingerprint density at radius 1 is 0.952 bits per heavy atom. The van der Waals surface area contributed by atoms with Gasteiger partial charge in [0.2, 0.25) is 5.91 Å². The van der Waals surface area contributed by atoms with E-state index < -0.39 is 122 Å². The average molecular weight is 1300 g/mol. The van der Waals surface area contributed by atoms with E-state index in [-0.39, 0.29) is 112 Å². The van der Waals surface area contributed by atoms with Gasteiger partial charge in [-0.3, -0.25) is 38.4 Å². The summed E-state index contributed by atoms with van der Waals surface area (Å²) in [7, 11) is -16.0. The van der Waals surface area contributed by atoms with Crippen LogP contribution >= 0.6 is 37.7 Å². The topological polar surface area (TPSA) is 448 Å². The van der Waals surface area contributed by atoms with Gasteiger partial charge in [0.15, 0.2) is 21.1 Å². The van der Waals surface area contributed by atoms with Crippen molar-refractivity contribution in [2.24, 2.45) is 0 Å². The Morgan fingerprint density at radius 2 is 1.58 bits per heavy atom. The fourth-order valence-corrected chi connectivity index (χ4v) is 13.1. The number of carboxylic acids is 1. The highest BCUT2D eigenvalue weighted by atomic mass is 33.1. The predicted octanol–water partition coefficient (Wildman–Crippen LogP) is 4.60. The van der Waals surface area contributed by atoms with Gasteiger partial charge in [-0.25, -0.2) is 14.2 Å². The number of aromatic carboxylic acids is 1. The molecule has 0 bridgehead atoms. The normalized spacial score (nSPS) is 17.7. The number of phosphoric ester groups is 1. The molecule has 2 aromatic rings. The number of amides is 4. The summed E-state index contributed by atoms with van der Waals surface area (Å²) >= 11 is 0. The number of hydrogen-bond acceptors (Lipinski definition) is 23. The molecule has 1 aliphatic carbocycles. The molecule has 11 N–H and O–H groups in total. The van der Waals surface area contributed by atoms with E-state index in [9.17, 15) is 64.2 Å². The molecule has 2 unspecified atom stereocenters. The van der Waals surface area contributed by atoms with Crippen LogP contribution in [0.2, 0.25) is 0 Å². The molecule has 30 nitrogen and oxygen atoms in total. The smallest absolute Gasteiger partial charge is 0.478 e. The number of fused-ring (bicyclic) bond motifs is 2. The van der Waals surface area contributed by atoms with Crippen LogP contribution in [-0.2, 0) is 71.4 Å². The van der Waals surface area contributed by atoms with Crippen molar-refractivity contribution in [2.75, 3.05) is 84.2 Å².